The van der Waals surface area contributed by atoms with Gasteiger partial charge in [-0.05, 0) is 0 Å². The van der Waals surface area contributed by atoms with Crippen LogP contribution in [0.2, 0.25) is 0 Å². The van der Waals surface area contributed by atoms with Crippen molar-refractivity contribution in [3.8, 4) is 6.07 Å². The first-order chi connectivity index (χ1) is 5.05. The van der Waals surface area contributed by atoms with Gasteiger partial charge in [-0.1, -0.05) is 0 Å². The summed E-state index contributed by atoms with van der Waals surface area (Å²) in [5.74, 6) is 0. The van der Waals surface area contributed by atoms with E-state index in [1.165, 1.54) is 6.07 Å². The molecule has 2 nitrogen and oxygen atoms in total. The molecule has 1 rings (SSSR count). The zero-order valence-electron chi connectivity index (χ0n) is 5.01. The summed E-state index contributed by atoms with van der Waals surface area (Å²) >= 11 is 0.684. The van der Waals surface area contributed by atoms with Crippen molar-refractivity contribution in [2.45, 2.75) is 6.18 Å². The topological polar surface area (TPSA) is 36.7 Å². The van der Waals surface area contributed by atoms with E-state index in [-0.39, 0.29) is 0 Å². The van der Waals surface area contributed by atoms with E-state index in [0.717, 1.165) is 5.51 Å². The third kappa shape index (κ3) is 1.49. The predicted octanol–water partition coefficient (Wildman–Crippen LogP) is 2.03. The molecule has 0 fully saturated rings. The van der Waals surface area contributed by atoms with Gasteiger partial charge in [-0.2, -0.15) is 18.4 Å². The Hall–Kier alpha value is -1.09. The summed E-state index contributed by atoms with van der Waals surface area (Å²) in [6, 6.07) is 1.42. The van der Waals surface area contributed by atoms with Crippen LogP contribution >= 0.6 is 11.3 Å². The maximum Gasteiger partial charge on any atom is 0.435 e. The molecule has 0 aromatic carbocycles. The Morgan fingerprint density at radius 2 is 2.18 bits per heavy atom. The van der Waals surface area contributed by atoms with Crippen molar-refractivity contribution in [3.05, 3.63) is 16.1 Å². The van der Waals surface area contributed by atoms with E-state index in [1.54, 1.807) is 0 Å². The van der Waals surface area contributed by atoms with Crippen molar-refractivity contribution < 1.29 is 13.2 Å². The van der Waals surface area contributed by atoms with Crippen LogP contribution in [0, 0.1) is 11.3 Å². The lowest BCUT2D eigenvalue weighted by molar-refractivity contribution is -0.140. The monoisotopic (exact) mass is 178 g/mol. The Morgan fingerprint density at radius 3 is 2.55 bits per heavy atom. The Morgan fingerprint density at radius 1 is 1.55 bits per heavy atom. The van der Waals surface area contributed by atoms with E-state index >= 15 is 0 Å². The summed E-state index contributed by atoms with van der Waals surface area (Å²) in [6.45, 7) is 0. The lowest BCUT2D eigenvalue weighted by Crippen LogP contribution is -2.06. The molecule has 0 unspecified atom stereocenters. The predicted molar refractivity (Wildman–Crippen MR) is 31.8 cm³/mol. The van der Waals surface area contributed by atoms with Gasteiger partial charge in [0, 0.05) is 0 Å². The molecule has 0 saturated carbocycles. The van der Waals surface area contributed by atoms with Crippen molar-refractivity contribution in [2.75, 3.05) is 0 Å². The third-order valence-electron chi connectivity index (χ3n) is 0.937. The lowest BCUT2D eigenvalue weighted by atomic mass is 10.4. The van der Waals surface area contributed by atoms with Gasteiger partial charge in [-0.25, -0.2) is 4.98 Å². The molecule has 0 amide bonds. The standard InChI is InChI=1S/C5HF3N2S/c6-5(7,8)4-3(1-9)11-2-10-4/h2H. The largest absolute Gasteiger partial charge is 0.435 e. The maximum absolute atomic E-state index is 11.9. The number of aromatic nitrogens is 1. The molecule has 1 aromatic rings. The zero-order valence-corrected chi connectivity index (χ0v) is 5.83. The van der Waals surface area contributed by atoms with Crippen molar-refractivity contribution in [1.82, 2.24) is 4.98 Å². The molecule has 0 aliphatic rings. The highest BCUT2D eigenvalue weighted by Gasteiger charge is 2.36. The normalized spacial score (nSPS) is 11.1. The summed E-state index contributed by atoms with van der Waals surface area (Å²) in [4.78, 5) is 2.64. The smallest absolute Gasteiger partial charge is 0.239 e. The molecule has 0 N–H and O–H groups in total. The van der Waals surface area contributed by atoms with Gasteiger partial charge >= 0.3 is 6.18 Å². The number of nitriles is 1. The summed E-state index contributed by atoms with van der Waals surface area (Å²) in [5, 5.41) is 8.19. The van der Waals surface area contributed by atoms with E-state index in [4.69, 9.17) is 5.26 Å². The number of nitrogens with zero attached hydrogens (tertiary/aromatic N) is 2. The van der Waals surface area contributed by atoms with E-state index in [2.05, 4.69) is 4.98 Å². The van der Waals surface area contributed by atoms with Gasteiger partial charge in [0.1, 0.15) is 10.9 Å². The van der Waals surface area contributed by atoms with Crippen LogP contribution in [0.1, 0.15) is 10.6 Å². The molecule has 6 heteroatoms. The van der Waals surface area contributed by atoms with Gasteiger partial charge in [0.15, 0.2) is 5.69 Å². The first-order valence-corrected chi connectivity index (χ1v) is 3.34. The van der Waals surface area contributed by atoms with Crippen LogP contribution in [0.25, 0.3) is 0 Å². The first kappa shape index (κ1) is 8.01. The van der Waals surface area contributed by atoms with Gasteiger partial charge in [0.25, 0.3) is 0 Å². The number of thiazole rings is 1. The molecule has 0 atom stereocenters. The highest BCUT2D eigenvalue weighted by atomic mass is 32.1. The molecule has 0 aliphatic carbocycles. The van der Waals surface area contributed by atoms with Gasteiger partial charge in [0.2, 0.25) is 0 Å². The summed E-state index contributed by atoms with van der Waals surface area (Å²) in [5.41, 5.74) is -0.0912. The minimum Gasteiger partial charge on any atom is -0.239 e. The van der Waals surface area contributed by atoms with Crippen LogP contribution in [0.5, 0.6) is 0 Å². The van der Waals surface area contributed by atoms with Gasteiger partial charge in [0.05, 0.1) is 5.51 Å². The van der Waals surface area contributed by atoms with E-state index in [1.807, 2.05) is 0 Å². The molecule has 0 spiro atoms. The minimum atomic E-state index is -4.51. The summed E-state index contributed by atoms with van der Waals surface area (Å²) in [6.07, 6.45) is -4.51. The third-order valence-corrected chi connectivity index (χ3v) is 1.67. The van der Waals surface area contributed by atoms with Crippen LogP contribution in [-0.2, 0) is 6.18 Å². The van der Waals surface area contributed by atoms with Crippen LogP contribution in [0.4, 0.5) is 13.2 Å². The van der Waals surface area contributed by atoms with Gasteiger partial charge in [-0.15, -0.1) is 11.3 Å². The molecule has 0 radical (unpaired) electrons. The SMILES string of the molecule is N#Cc1scnc1C(F)(F)F. The highest BCUT2D eigenvalue weighted by Crippen LogP contribution is 2.31. The van der Waals surface area contributed by atoms with Crippen LogP contribution in [-0.4, -0.2) is 4.98 Å². The van der Waals surface area contributed by atoms with Crippen molar-refractivity contribution in [3.63, 3.8) is 0 Å². The van der Waals surface area contributed by atoms with E-state index in [9.17, 15) is 13.2 Å². The molecular weight excluding hydrogens is 177 g/mol. The Balaban J connectivity index is 3.15. The number of hydrogen-bond donors (Lipinski definition) is 0. The second kappa shape index (κ2) is 2.51. The number of rotatable bonds is 0. The molecule has 58 valence electrons. The fourth-order valence-electron chi connectivity index (χ4n) is 0.527. The van der Waals surface area contributed by atoms with Gasteiger partial charge < -0.3 is 0 Å². The second-order valence-corrected chi connectivity index (χ2v) is 2.49. The summed E-state index contributed by atoms with van der Waals surface area (Å²) in [7, 11) is 0. The minimum absolute atomic E-state index is 0.391. The van der Waals surface area contributed by atoms with Crippen LogP contribution in [0.15, 0.2) is 5.51 Å². The molecular formula is C5HF3N2S. The van der Waals surface area contributed by atoms with Crippen molar-refractivity contribution >= 4 is 11.3 Å². The maximum atomic E-state index is 11.9. The van der Waals surface area contributed by atoms with Gasteiger partial charge in [-0.3, -0.25) is 0 Å². The van der Waals surface area contributed by atoms with Crippen molar-refractivity contribution in [1.29, 1.82) is 5.26 Å². The Kier molecular flexibility index (Phi) is 1.83. The Labute approximate surface area is 63.9 Å². The van der Waals surface area contributed by atoms with E-state index in [0.29, 0.717) is 11.3 Å². The molecule has 0 saturated heterocycles. The highest BCUT2D eigenvalue weighted by molar-refractivity contribution is 7.10. The first-order valence-electron chi connectivity index (χ1n) is 2.46. The molecule has 1 aromatic heterocycles. The molecule has 1 heterocycles. The average Bonchev–Trinajstić information content (AvgIpc) is 2.31. The second-order valence-electron chi connectivity index (χ2n) is 1.64. The number of halogens is 3. The van der Waals surface area contributed by atoms with Crippen LogP contribution in [0.3, 0.4) is 0 Å². The van der Waals surface area contributed by atoms with Crippen molar-refractivity contribution in [2.24, 2.45) is 0 Å². The number of hydrogen-bond acceptors (Lipinski definition) is 3. The summed E-state index contributed by atoms with van der Waals surface area (Å²) < 4.78 is 35.6. The Bertz CT molecular complexity index is 295. The fourth-order valence-corrected chi connectivity index (χ4v) is 1.12. The average molecular weight is 178 g/mol. The number of alkyl halides is 3. The molecule has 0 aliphatic heterocycles. The fraction of sp³-hybridized carbons (Fsp3) is 0.200. The zero-order chi connectivity index (χ0) is 8.48. The molecule has 11 heavy (non-hydrogen) atoms. The van der Waals surface area contributed by atoms with E-state index < -0.39 is 16.7 Å². The lowest BCUT2D eigenvalue weighted by Gasteiger charge is -2.00. The quantitative estimate of drug-likeness (QED) is 0.609. The molecule has 0 bridgehead atoms. The van der Waals surface area contributed by atoms with Crippen LogP contribution < -0.4 is 0 Å².